The van der Waals surface area contributed by atoms with Crippen molar-refractivity contribution in [2.75, 3.05) is 0 Å². The van der Waals surface area contributed by atoms with Crippen molar-refractivity contribution in [3.63, 3.8) is 0 Å². The van der Waals surface area contributed by atoms with Crippen LogP contribution >= 0.6 is 11.6 Å². The lowest BCUT2D eigenvalue weighted by Gasteiger charge is -2.15. The zero-order valence-electron chi connectivity index (χ0n) is 12.6. The van der Waals surface area contributed by atoms with Crippen LogP contribution in [0.5, 0.6) is 0 Å². The van der Waals surface area contributed by atoms with Crippen LogP contribution in [0.25, 0.3) is 10.9 Å². The molecule has 3 aromatic rings. The molecule has 24 heavy (non-hydrogen) atoms. The zero-order chi connectivity index (χ0) is 16.7. The number of fused-ring (bicyclic) bond motifs is 2. The van der Waals surface area contributed by atoms with Gasteiger partial charge in [0.25, 0.3) is 5.56 Å². The number of halogens is 1. The highest BCUT2D eigenvalue weighted by Gasteiger charge is 2.26. The first kappa shape index (κ1) is 14.8. The van der Waals surface area contributed by atoms with Crippen molar-refractivity contribution in [2.45, 2.75) is 19.6 Å². The van der Waals surface area contributed by atoms with Crippen LogP contribution in [0.2, 0.25) is 5.02 Å². The summed E-state index contributed by atoms with van der Waals surface area (Å²) in [4.78, 5) is 35.4. The average molecular weight is 344 g/mol. The van der Waals surface area contributed by atoms with Crippen LogP contribution in [0.4, 0.5) is 4.79 Å². The molecule has 2 aromatic heterocycles. The minimum atomic E-state index is -0.232. The van der Waals surface area contributed by atoms with E-state index in [1.807, 2.05) is 24.3 Å². The number of carbonyl (C=O) groups excluding carboxylic acids is 1. The van der Waals surface area contributed by atoms with Crippen LogP contribution in [0, 0.1) is 0 Å². The molecule has 0 unspecified atom stereocenters. The molecule has 122 valence electrons. The third kappa shape index (κ3) is 2.63. The molecule has 0 bridgehead atoms. The molecule has 0 atom stereocenters. The smallest absolute Gasteiger partial charge is 0.318 e. The molecule has 0 saturated carbocycles. The number of amides is 2. The maximum absolute atomic E-state index is 12.3. The third-order valence-electron chi connectivity index (χ3n) is 4.09. The van der Waals surface area contributed by atoms with E-state index in [1.54, 1.807) is 4.90 Å². The van der Waals surface area contributed by atoms with Gasteiger partial charge in [0.05, 0.1) is 37.2 Å². The fraction of sp³-hybridized carbons (Fsp3) is 0.188. The number of hydrogen-bond donors (Lipinski definition) is 3. The van der Waals surface area contributed by atoms with Crippen molar-refractivity contribution in [1.82, 2.24) is 25.2 Å². The van der Waals surface area contributed by atoms with Gasteiger partial charge in [-0.3, -0.25) is 4.79 Å². The van der Waals surface area contributed by atoms with Gasteiger partial charge in [0.1, 0.15) is 0 Å². The lowest BCUT2D eigenvalue weighted by molar-refractivity contribution is 0.197. The quantitative estimate of drug-likeness (QED) is 0.665. The van der Waals surface area contributed by atoms with Crippen LogP contribution in [-0.2, 0) is 19.6 Å². The molecule has 7 nitrogen and oxygen atoms in total. The Morgan fingerprint density at radius 3 is 3.04 bits per heavy atom. The van der Waals surface area contributed by atoms with Gasteiger partial charge in [0.2, 0.25) is 0 Å². The second kappa shape index (κ2) is 5.68. The maximum Gasteiger partial charge on any atom is 0.318 e. The summed E-state index contributed by atoms with van der Waals surface area (Å²) in [5, 5.41) is 4.55. The number of aromatic nitrogens is 3. The molecule has 1 aliphatic heterocycles. The summed E-state index contributed by atoms with van der Waals surface area (Å²) in [6, 6.07) is 7.33. The zero-order valence-corrected chi connectivity index (χ0v) is 13.4. The third-order valence-corrected chi connectivity index (χ3v) is 4.32. The molecule has 0 fully saturated rings. The van der Waals surface area contributed by atoms with Crippen LogP contribution in [0.3, 0.4) is 0 Å². The molecule has 0 radical (unpaired) electrons. The molecule has 0 saturated heterocycles. The van der Waals surface area contributed by atoms with Crippen molar-refractivity contribution >= 4 is 28.5 Å². The Labute approximate surface area is 141 Å². The second-order valence-electron chi connectivity index (χ2n) is 5.70. The Balaban J connectivity index is 1.43. The molecule has 4 rings (SSSR count). The van der Waals surface area contributed by atoms with Gasteiger partial charge in [0, 0.05) is 16.2 Å². The largest absolute Gasteiger partial charge is 0.357 e. The van der Waals surface area contributed by atoms with E-state index in [0.29, 0.717) is 29.4 Å². The summed E-state index contributed by atoms with van der Waals surface area (Å²) in [6.45, 7) is 0.974. The standard InChI is InChI=1S/C16H14ClN5O2/c17-10-2-1-9-3-11(21-13(9)4-10)5-18-16(24)22-6-12-14(7-22)19-8-20-15(12)23/h1-4,8,21H,5-7H2,(H,18,24)(H,19,20,23). The van der Waals surface area contributed by atoms with E-state index < -0.39 is 0 Å². The highest BCUT2D eigenvalue weighted by molar-refractivity contribution is 6.31. The number of nitrogens with zero attached hydrogens (tertiary/aromatic N) is 2. The van der Waals surface area contributed by atoms with E-state index in [-0.39, 0.29) is 18.1 Å². The number of H-pyrrole nitrogens is 2. The topological polar surface area (TPSA) is 93.9 Å². The number of rotatable bonds is 2. The average Bonchev–Trinajstić information content (AvgIpc) is 3.16. The Morgan fingerprint density at radius 2 is 2.21 bits per heavy atom. The SMILES string of the molecule is O=C(NCc1cc2ccc(Cl)cc2[nH]1)N1Cc2nc[nH]c(=O)c2C1. The molecule has 0 aliphatic carbocycles. The number of benzene rings is 1. The molecule has 1 aromatic carbocycles. The van der Waals surface area contributed by atoms with Crippen LogP contribution in [-0.4, -0.2) is 25.9 Å². The summed E-state index contributed by atoms with van der Waals surface area (Å²) in [5.41, 5.74) is 2.81. The van der Waals surface area contributed by atoms with E-state index in [9.17, 15) is 9.59 Å². The first-order chi connectivity index (χ1) is 11.6. The number of urea groups is 1. The first-order valence-corrected chi connectivity index (χ1v) is 7.83. The molecular formula is C16H14ClN5O2. The molecule has 3 N–H and O–H groups in total. The first-order valence-electron chi connectivity index (χ1n) is 7.45. The Bertz CT molecular complexity index is 994. The van der Waals surface area contributed by atoms with E-state index in [1.165, 1.54) is 6.33 Å². The molecule has 8 heteroatoms. The number of carbonyl (C=O) groups is 1. The summed E-state index contributed by atoms with van der Waals surface area (Å²) in [7, 11) is 0. The minimum Gasteiger partial charge on any atom is -0.357 e. The second-order valence-corrected chi connectivity index (χ2v) is 6.13. The summed E-state index contributed by atoms with van der Waals surface area (Å²) < 4.78 is 0. The maximum atomic E-state index is 12.3. The minimum absolute atomic E-state index is 0.192. The van der Waals surface area contributed by atoms with Gasteiger partial charge in [-0.2, -0.15) is 0 Å². The van der Waals surface area contributed by atoms with Gasteiger partial charge in [-0.1, -0.05) is 17.7 Å². The van der Waals surface area contributed by atoms with Crippen molar-refractivity contribution in [3.8, 4) is 0 Å². The lowest BCUT2D eigenvalue weighted by Crippen LogP contribution is -2.36. The van der Waals surface area contributed by atoms with E-state index >= 15 is 0 Å². The highest BCUT2D eigenvalue weighted by atomic mass is 35.5. The van der Waals surface area contributed by atoms with Crippen molar-refractivity contribution < 1.29 is 4.79 Å². The number of aromatic amines is 2. The van der Waals surface area contributed by atoms with Gasteiger partial charge in [-0.25, -0.2) is 9.78 Å². The van der Waals surface area contributed by atoms with E-state index in [4.69, 9.17) is 11.6 Å². The number of hydrogen-bond acceptors (Lipinski definition) is 3. The van der Waals surface area contributed by atoms with Crippen LogP contribution in [0.15, 0.2) is 35.4 Å². The Hall–Kier alpha value is -2.80. The van der Waals surface area contributed by atoms with E-state index in [0.717, 1.165) is 16.6 Å². The van der Waals surface area contributed by atoms with Gasteiger partial charge < -0.3 is 20.2 Å². The molecule has 3 heterocycles. The predicted molar refractivity (Wildman–Crippen MR) is 89.6 cm³/mol. The molecule has 0 spiro atoms. The fourth-order valence-corrected chi connectivity index (χ4v) is 3.04. The van der Waals surface area contributed by atoms with Gasteiger partial charge in [0.15, 0.2) is 0 Å². The fourth-order valence-electron chi connectivity index (χ4n) is 2.87. The summed E-state index contributed by atoms with van der Waals surface area (Å²) >= 11 is 5.97. The van der Waals surface area contributed by atoms with Crippen molar-refractivity contribution in [2.24, 2.45) is 0 Å². The predicted octanol–water partition coefficient (Wildman–Crippen LogP) is 2.13. The molecular weight excluding hydrogens is 330 g/mol. The Kier molecular flexibility index (Phi) is 3.50. The van der Waals surface area contributed by atoms with Crippen molar-refractivity contribution in [3.05, 3.63) is 62.9 Å². The Morgan fingerprint density at radius 1 is 1.33 bits per heavy atom. The monoisotopic (exact) mass is 343 g/mol. The van der Waals surface area contributed by atoms with Crippen LogP contribution in [0.1, 0.15) is 17.0 Å². The van der Waals surface area contributed by atoms with Gasteiger partial charge >= 0.3 is 6.03 Å². The van der Waals surface area contributed by atoms with Gasteiger partial charge in [-0.05, 0) is 23.6 Å². The summed E-state index contributed by atoms with van der Waals surface area (Å²) in [5.74, 6) is 0. The van der Waals surface area contributed by atoms with E-state index in [2.05, 4.69) is 20.3 Å². The molecule has 2 amide bonds. The van der Waals surface area contributed by atoms with Gasteiger partial charge in [-0.15, -0.1) is 0 Å². The van der Waals surface area contributed by atoms with Crippen molar-refractivity contribution in [1.29, 1.82) is 0 Å². The summed E-state index contributed by atoms with van der Waals surface area (Å²) in [6.07, 6.45) is 1.36. The lowest BCUT2D eigenvalue weighted by atomic mass is 10.2. The number of nitrogens with one attached hydrogen (secondary N) is 3. The highest BCUT2D eigenvalue weighted by Crippen LogP contribution is 2.20. The van der Waals surface area contributed by atoms with Crippen LogP contribution < -0.4 is 10.9 Å². The molecule has 1 aliphatic rings. The normalized spacial score (nSPS) is 13.3.